The van der Waals surface area contributed by atoms with Gasteiger partial charge in [-0.25, -0.2) is 24.6 Å². The number of imidazole rings is 1. The summed E-state index contributed by atoms with van der Waals surface area (Å²) in [5.41, 5.74) is 1.07. The van der Waals surface area contributed by atoms with E-state index < -0.39 is 18.0 Å². The first-order valence-corrected chi connectivity index (χ1v) is 8.10. The number of allylic oxidation sites excluding steroid dienone is 1. The molecule has 0 fully saturated rings. The molecule has 1 N–H and O–H groups in total. The number of aromatic nitrogens is 4. The van der Waals surface area contributed by atoms with E-state index in [-0.39, 0.29) is 11.2 Å². The standard InChI is InChI=1S/C13H11ClIN5O3/c1-6(21)20(13(22)23)8-3-2-7(4-8)19-5-16-9-10(14)17-12(15)18-11(9)19/h2-3,5,7-8H,4H2,1H3,(H,22,23)/t7-,8+/m0/s1. The van der Waals surface area contributed by atoms with Crippen LogP contribution in [0.15, 0.2) is 18.5 Å². The van der Waals surface area contributed by atoms with E-state index in [1.54, 1.807) is 12.4 Å². The van der Waals surface area contributed by atoms with Crippen LogP contribution in [-0.4, -0.2) is 47.6 Å². The van der Waals surface area contributed by atoms with Gasteiger partial charge < -0.3 is 9.67 Å². The number of rotatable bonds is 2. The van der Waals surface area contributed by atoms with Crippen LogP contribution in [-0.2, 0) is 4.79 Å². The molecule has 0 aromatic carbocycles. The van der Waals surface area contributed by atoms with Gasteiger partial charge in [0, 0.05) is 29.5 Å². The third-order valence-electron chi connectivity index (χ3n) is 3.62. The SMILES string of the molecule is CC(=O)N(C(=O)O)[C@@H]1C=C[C@H](n2cnc3c(Cl)nc(I)nc32)C1. The molecule has 0 bridgehead atoms. The highest BCUT2D eigenvalue weighted by molar-refractivity contribution is 14.1. The molecule has 23 heavy (non-hydrogen) atoms. The van der Waals surface area contributed by atoms with Gasteiger partial charge in [0.25, 0.3) is 0 Å². The number of halogens is 2. The van der Waals surface area contributed by atoms with Crippen molar-refractivity contribution >= 4 is 57.4 Å². The van der Waals surface area contributed by atoms with Crippen LogP contribution in [0.3, 0.4) is 0 Å². The molecule has 3 rings (SSSR count). The molecule has 2 amide bonds. The number of nitrogens with zero attached hydrogens (tertiary/aromatic N) is 5. The third-order valence-corrected chi connectivity index (χ3v) is 4.37. The van der Waals surface area contributed by atoms with E-state index in [1.165, 1.54) is 6.92 Å². The van der Waals surface area contributed by atoms with Crippen LogP contribution in [0, 0.1) is 3.83 Å². The summed E-state index contributed by atoms with van der Waals surface area (Å²) in [5, 5.41) is 9.45. The topological polar surface area (TPSA) is 101 Å². The van der Waals surface area contributed by atoms with Crippen LogP contribution < -0.4 is 0 Å². The lowest BCUT2D eigenvalue weighted by Gasteiger charge is -2.22. The second kappa shape index (κ2) is 6.04. The van der Waals surface area contributed by atoms with Crippen LogP contribution in [0.1, 0.15) is 19.4 Å². The summed E-state index contributed by atoms with van der Waals surface area (Å²) in [6.45, 7) is 1.23. The van der Waals surface area contributed by atoms with E-state index in [2.05, 4.69) is 15.0 Å². The molecule has 10 heteroatoms. The highest BCUT2D eigenvalue weighted by Crippen LogP contribution is 2.30. The van der Waals surface area contributed by atoms with Crippen molar-refractivity contribution in [2.75, 3.05) is 0 Å². The van der Waals surface area contributed by atoms with Gasteiger partial charge in [0.1, 0.15) is 5.52 Å². The summed E-state index contributed by atoms with van der Waals surface area (Å²) in [6, 6.07) is -0.670. The van der Waals surface area contributed by atoms with Gasteiger partial charge in [-0.05, 0) is 6.42 Å². The Morgan fingerprint density at radius 2 is 2.17 bits per heavy atom. The van der Waals surface area contributed by atoms with Gasteiger partial charge in [-0.3, -0.25) is 4.79 Å². The number of carboxylic acid groups (broad SMARTS) is 1. The molecule has 1 aliphatic carbocycles. The fourth-order valence-electron chi connectivity index (χ4n) is 2.67. The van der Waals surface area contributed by atoms with Gasteiger partial charge in [-0.2, -0.15) is 0 Å². The molecule has 0 saturated carbocycles. The highest BCUT2D eigenvalue weighted by Gasteiger charge is 2.32. The van der Waals surface area contributed by atoms with Gasteiger partial charge in [0.15, 0.2) is 14.6 Å². The molecular formula is C13H11ClIN5O3. The first-order valence-electron chi connectivity index (χ1n) is 6.65. The quantitative estimate of drug-likeness (QED) is 0.328. The first kappa shape index (κ1) is 16.1. The molecule has 0 saturated heterocycles. The predicted molar refractivity (Wildman–Crippen MR) is 90.2 cm³/mol. The maximum absolute atomic E-state index is 11.5. The average Bonchev–Trinajstić information content (AvgIpc) is 3.04. The highest BCUT2D eigenvalue weighted by atomic mass is 127. The van der Waals surface area contributed by atoms with Crippen molar-refractivity contribution in [3.8, 4) is 0 Å². The summed E-state index contributed by atoms with van der Waals surface area (Å²) in [7, 11) is 0. The number of imide groups is 1. The van der Waals surface area contributed by atoms with Crippen LogP contribution in [0.25, 0.3) is 11.2 Å². The molecule has 2 atom stereocenters. The zero-order valence-corrected chi connectivity index (χ0v) is 14.8. The maximum Gasteiger partial charge on any atom is 0.414 e. The van der Waals surface area contributed by atoms with Gasteiger partial charge in [0.05, 0.1) is 18.4 Å². The zero-order valence-electron chi connectivity index (χ0n) is 11.8. The van der Waals surface area contributed by atoms with Crippen molar-refractivity contribution in [3.05, 3.63) is 27.5 Å². The maximum atomic E-state index is 11.5. The Hall–Kier alpha value is -1.75. The Kier molecular flexibility index (Phi) is 4.23. The number of carbonyl (C=O) groups is 2. The number of fused-ring (bicyclic) bond motifs is 1. The molecule has 0 spiro atoms. The minimum Gasteiger partial charge on any atom is -0.465 e. The Labute approximate surface area is 149 Å². The van der Waals surface area contributed by atoms with Gasteiger partial charge in [-0.15, -0.1) is 0 Å². The molecule has 120 valence electrons. The smallest absolute Gasteiger partial charge is 0.414 e. The Morgan fingerprint density at radius 1 is 1.43 bits per heavy atom. The monoisotopic (exact) mass is 447 g/mol. The number of carbonyl (C=O) groups excluding carboxylic acids is 1. The van der Waals surface area contributed by atoms with E-state index in [9.17, 15) is 14.7 Å². The van der Waals surface area contributed by atoms with Crippen LogP contribution in [0.2, 0.25) is 5.15 Å². The van der Waals surface area contributed by atoms with E-state index in [4.69, 9.17) is 11.6 Å². The Balaban J connectivity index is 1.92. The molecule has 2 aromatic heterocycles. The second-order valence-corrected chi connectivity index (χ2v) is 6.36. The minimum atomic E-state index is -1.26. The molecular weight excluding hydrogens is 437 g/mol. The number of hydrogen-bond acceptors (Lipinski definition) is 5. The molecule has 0 aliphatic heterocycles. The van der Waals surface area contributed by atoms with Crippen molar-refractivity contribution in [2.24, 2.45) is 0 Å². The number of hydrogen-bond donors (Lipinski definition) is 1. The summed E-state index contributed by atoms with van der Waals surface area (Å²) in [6.07, 6.45) is 4.31. The fourth-order valence-corrected chi connectivity index (χ4v) is 3.49. The molecule has 0 radical (unpaired) electrons. The molecule has 8 nitrogen and oxygen atoms in total. The van der Waals surface area contributed by atoms with E-state index >= 15 is 0 Å². The average molecular weight is 448 g/mol. The zero-order chi connectivity index (χ0) is 16.7. The van der Waals surface area contributed by atoms with Crippen molar-refractivity contribution < 1.29 is 14.7 Å². The molecule has 1 aliphatic rings. The third kappa shape index (κ3) is 2.90. The normalized spacial score (nSPS) is 20.1. The lowest BCUT2D eigenvalue weighted by atomic mass is 10.2. The first-order chi connectivity index (χ1) is 10.9. The summed E-state index contributed by atoms with van der Waals surface area (Å²) >= 11 is 8.03. The van der Waals surface area contributed by atoms with E-state index in [0.29, 0.717) is 21.4 Å². The van der Waals surface area contributed by atoms with E-state index in [1.807, 2.05) is 33.2 Å². The minimum absolute atomic E-state index is 0.159. The molecule has 2 aromatic rings. The Morgan fingerprint density at radius 3 is 2.83 bits per heavy atom. The van der Waals surface area contributed by atoms with Crippen LogP contribution >= 0.6 is 34.2 Å². The Bertz CT molecular complexity index is 822. The van der Waals surface area contributed by atoms with E-state index in [0.717, 1.165) is 4.90 Å². The van der Waals surface area contributed by atoms with Gasteiger partial charge in [0.2, 0.25) is 5.91 Å². The van der Waals surface area contributed by atoms with Gasteiger partial charge in [-0.1, -0.05) is 23.8 Å². The lowest BCUT2D eigenvalue weighted by molar-refractivity contribution is -0.128. The van der Waals surface area contributed by atoms with Gasteiger partial charge >= 0.3 is 6.09 Å². The van der Waals surface area contributed by atoms with Crippen molar-refractivity contribution in [3.63, 3.8) is 0 Å². The fraction of sp³-hybridized carbons (Fsp3) is 0.308. The predicted octanol–water partition coefficient (Wildman–Crippen LogP) is 2.48. The summed E-state index contributed by atoms with van der Waals surface area (Å²) in [4.78, 5) is 36.2. The van der Waals surface area contributed by atoms with Crippen molar-refractivity contribution in [1.82, 2.24) is 24.4 Å². The molecule has 0 unspecified atom stereocenters. The number of amides is 2. The largest absolute Gasteiger partial charge is 0.465 e. The van der Waals surface area contributed by atoms with Crippen LogP contribution in [0.5, 0.6) is 0 Å². The summed E-state index contributed by atoms with van der Waals surface area (Å²) in [5.74, 6) is -0.511. The van der Waals surface area contributed by atoms with Crippen LogP contribution in [0.4, 0.5) is 4.79 Å². The summed E-state index contributed by atoms with van der Waals surface area (Å²) < 4.78 is 2.30. The van der Waals surface area contributed by atoms with Crippen molar-refractivity contribution in [1.29, 1.82) is 0 Å². The second-order valence-electron chi connectivity index (χ2n) is 5.03. The van der Waals surface area contributed by atoms with Crippen molar-refractivity contribution in [2.45, 2.75) is 25.4 Å². The molecule has 2 heterocycles. The lowest BCUT2D eigenvalue weighted by Crippen LogP contribution is -2.41.